The Balaban J connectivity index is 2.11. The molecule has 1 fully saturated rings. The van der Waals surface area contributed by atoms with Gasteiger partial charge in [0.2, 0.25) is 0 Å². The Morgan fingerprint density at radius 2 is 2.22 bits per heavy atom. The number of aromatic nitrogens is 1. The van der Waals surface area contributed by atoms with Gasteiger partial charge in [0, 0.05) is 6.07 Å². The predicted molar refractivity (Wildman–Crippen MR) is 66.8 cm³/mol. The Labute approximate surface area is 109 Å². The Hall–Kier alpha value is -1.40. The SMILES string of the molecule is NC1(COc2ncc(Cl)cc2[N+](=O)[O-])CCCC1. The van der Waals surface area contributed by atoms with Gasteiger partial charge in [-0.05, 0) is 12.8 Å². The van der Waals surface area contributed by atoms with Crippen LogP contribution < -0.4 is 10.5 Å². The summed E-state index contributed by atoms with van der Waals surface area (Å²) < 4.78 is 5.40. The Bertz CT molecular complexity index is 461. The standard InChI is InChI=1S/C11H14ClN3O3/c12-8-5-9(15(16)17)10(14-6-8)18-7-11(13)3-1-2-4-11/h5-6H,1-4,7,13H2. The number of nitrogens with two attached hydrogens (primary N) is 1. The molecular formula is C11H14ClN3O3. The van der Waals surface area contributed by atoms with Crippen molar-refractivity contribution in [2.24, 2.45) is 5.73 Å². The highest BCUT2D eigenvalue weighted by atomic mass is 35.5. The van der Waals surface area contributed by atoms with Gasteiger partial charge in [-0.15, -0.1) is 0 Å². The first-order valence-corrected chi connectivity index (χ1v) is 6.10. The third kappa shape index (κ3) is 2.88. The number of nitro groups is 1. The predicted octanol–water partition coefficient (Wildman–Crippen LogP) is 2.29. The zero-order valence-corrected chi connectivity index (χ0v) is 10.5. The maximum atomic E-state index is 10.8. The van der Waals surface area contributed by atoms with Gasteiger partial charge >= 0.3 is 5.69 Å². The highest BCUT2D eigenvalue weighted by molar-refractivity contribution is 6.30. The lowest BCUT2D eigenvalue weighted by Crippen LogP contribution is -2.42. The largest absolute Gasteiger partial charge is 0.471 e. The summed E-state index contributed by atoms with van der Waals surface area (Å²) in [6.07, 6.45) is 5.19. The second-order valence-corrected chi connectivity index (χ2v) is 5.03. The van der Waals surface area contributed by atoms with Crippen molar-refractivity contribution in [1.29, 1.82) is 0 Å². The van der Waals surface area contributed by atoms with E-state index in [2.05, 4.69) is 4.98 Å². The molecule has 1 aliphatic carbocycles. The van der Waals surface area contributed by atoms with Crippen molar-refractivity contribution in [3.63, 3.8) is 0 Å². The van der Waals surface area contributed by atoms with Gasteiger partial charge in [0.25, 0.3) is 5.88 Å². The second kappa shape index (κ2) is 5.07. The van der Waals surface area contributed by atoms with Gasteiger partial charge < -0.3 is 10.5 Å². The van der Waals surface area contributed by atoms with Gasteiger partial charge in [0.1, 0.15) is 6.61 Å². The van der Waals surface area contributed by atoms with E-state index in [1.165, 1.54) is 12.3 Å². The van der Waals surface area contributed by atoms with Crippen LogP contribution in [0.25, 0.3) is 0 Å². The Morgan fingerprint density at radius 3 is 2.83 bits per heavy atom. The van der Waals surface area contributed by atoms with Crippen molar-refractivity contribution < 1.29 is 9.66 Å². The van der Waals surface area contributed by atoms with Crippen molar-refractivity contribution in [3.05, 3.63) is 27.4 Å². The molecule has 0 atom stereocenters. The maximum Gasteiger partial charge on any atom is 0.332 e. The smallest absolute Gasteiger partial charge is 0.332 e. The average Bonchev–Trinajstić information content (AvgIpc) is 2.75. The van der Waals surface area contributed by atoms with E-state index in [1.54, 1.807) is 0 Å². The van der Waals surface area contributed by atoms with Gasteiger partial charge in [-0.2, -0.15) is 0 Å². The highest BCUT2D eigenvalue weighted by Crippen LogP contribution is 2.31. The molecule has 0 spiro atoms. The fourth-order valence-electron chi connectivity index (χ4n) is 2.09. The zero-order chi connectivity index (χ0) is 13.2. The second-order valence-electron chi connectivity index (χ2n) is 4.59. The minimum absolute atomic E-state index is 0.0267. The molecular weight excluding hydrogens is 258 g/mol. The number of halogens is 1. The molecule has 0 amide bonds. The van der Waals surface area contributed by atoms with Crippen LogP contribution in [0.2, 0.25) is 5.02 Å². The van der Waals surface area contributed by atoms with E-state index in [9.17, 15) is 10.1 Å². The van der Waals surface area contributed by atoms with E-state index in [1.807, 2.05) is 0 Å². The van der Waals surface area contributed by atoms with E-state index in [0.29, 0.717) is 0 Å². The van der Waals surface area contributed by atoms with Crippen LogP contribution in [0.15, 0.2) is 12.3 Å². The lowest BCUT2D eigenvalue weighted by atomic mass is 10.0. The number of pyridine rings is 1. The Kier molecular flexibility index (Phi) is 3.68. The van der Waals surface area contributed by atoms with Crippen molar-refractivity contribution in [2.75, 3.05) is 6.61 Å². The molecule has 6 nitrogen and oxygen atoms in total. The molecule has 1 heterocycles. The first-order chi connectivity index (χ1) is 8.50. The quantitative estimate of drug-likeness (QED) is 0.670. The van der Waals surface area contributed by atoms with Crippen LogP contribution in [0.3, 0.4) is 0 Å². The van der Waals surface area contributed by atoms with Crippen molar-refractivity contribution in [2.45, 2.75) is 31.2 Å². The molecule has 0 aliphatic heterocycles. The molecule has 7 heteroatoms. The van der Waals surface area contributed by atoms with Crippen LogP contribution in [0.5, 0.6) is 5.88 Å². The average molecular weight is 272 g/mol. The molecule has 0 aromatic carbocycles. The van der Waals surface area contributed by atoms with Crippen LogP contribution in [0, 0.1) is 10.1 Å². The number of nitrogens with zero attached hydrogens (tertiary/aromatic N) is 2. The summed E-state index contributed by atoms with van der Waals surface area (Å²) in [6, 6.07) is 1.22. The Morgan fingerprint density at radius 1 is 1.56 bits per heavy atom. The molecule has 98 valence electrons. The number of hydrogen-bond acceptors (Lipinski definition) is 5. The molecule has 18 heavy (non-hydrogen) atoms. The summed E-state index contributed by atoms with van der Waals surface area (Å²) in [5.74, 6) is -0.0267. The summed E-state index contributed by atoms with van der Waals surface area (Å²) >= 11 is 5.67. The van der Waals surface area contributed by atoms with Gasteiger partial charge in [-0.1, -0.05) is 24.4 Å². The van der Waals surface area contributed by atoms with Crippen molar-refractivity contribution in [3.8, 4) is 5.88 Å². The molecule has 2 rings (SSSR count). The van der Waals surface area contributed by atoms with Gasteiger partial charge in [-0.3, -0.25) is 10.1 Å². The fourth-order valence-corrected chi connectivity index (χ4v) is 2.25. The molecule has 1 saturated carbocycles. The van der Waals surface area contributed by atoms with Crippen molar-refractivity contribution >= 4 is 17.3 Å². The summed E-state index contributed by atoms with van der Waals surface area (Å²) in [4.78, 5) is 14.1. The van der Waals surface area contributed by atoms with Crippen LogP contribution >= 0.6 is 11.6 Å². The first kappa shape index (κ1) is 13.0. The van der Waals surface area contributed by atoms with Gasteiger partial charge in [0.05, 0.1) is 21.7 Å². The minimum atomic E-state index is -0.563. The summed E-state index contributed by atoms with van der Waals surface area (Å²) in [5, 5.41) is 11.1. The molecule has 1 aromatic heterocycles. The molecule has 1 aromatic rings. The number of rotatable bonds is 4. The lowest BCUT2D eigenvalue weighted by molar-refractivity contribution is -0.386. The van der Waals surface area contributed by atoms with E-state index in [4.69, 9.17) is 22.1 Å². The van der Waals surface area contributed by atoms with Crippen LogP contribution in [-0.2, 0) is 0 Å². The monoisotopic (exact) mass is 271 g/mol. The fraction of sp³-hybridized carbons (Fsp3) is 0.545. The molecule has 0 bridgehead atoms. The lowest BCUT2D eigenvalue weighted by Gasteiger charge is -2.22. The normalized spacial score (nSPS) is 17.7. The molecule has 2 N–H and O–H groups in total. The van der Waals surface area contributed by atoms with E-state index >= 15 is 0 Å². The molecule has 1 aliphatic rings. The summed E-state index contributed by atoms with van der Waals surface area (Å²) in [7, 11) is 0. The minimum Gasteiger partial charge on any atom is -0.471 e. The topological polar surface area (TPSA) is 91.3 Å². The van der Waals surface area contributed by atoms with Gasteiger partial charge in [0.15, 0.2) is 0 Å². The van der Waals surface area contributed by atoms with Crippen LogP contribution in [0.4, 0.5) is 5.69 Å². The van der Waals surface area contributed by atoms with E-state index in [0.717, 1.165) is 25.7 Å². The third-order valence-electron chi connectivity index (χ3n) is 3.09. The maximum absolute atomic E-state index is 10.8. The van der Waals surface area contributed by atoms with Crippen LogP contribution in [-0.4, -0.2) is 22.1 Å². The zero-order valence-electron chi connectivity index (χ0n) is 9.76. The molecule has 0 radical (unpaired) electrons. The molecule has 0 unspecified atom stereocenters. The van der Waals surface area contributed by atoms with E-state index < -0.39 is 10.5 Å². The summed E-state index contributed by atoms with van der Waals surface area (Å²) in [6.45, 7) is 0.239. The first-order valence-electron chi connectivity index (χ1n) is 5.72. The number of hydrogen-bond donors (Lipinski definition) is 1. The highest BCUT2D eigenvalue weighted by Gasteiger charge is 2.31. The molecule has 0 saturated heterocycles. The van der Waals surface area contributed by atoms with Crippen molar-refractivity contribution in [1.82, 2.24) is 4.98 Å². The number of ether oxygens (including phenoxy) is 1. The summed E-state index contributed by atoms with van der Waals surface area (Å²) in [5.41, 5.74) is 5.49. The van der Waals surface area contributed by atoms with E-state index in [-0.39, 0.29) is 23.2 Å². The van der Waals surface area contributed by atoms with Gasteiger partial charge in [-0.25, -0.2) is 4.98 Å². The van der Waals surface area contributed by atoms with Crippen LogP contribution in [0.1, 0.15) is 25.7 Å². The third-order valence-corrected chi connectivity index (χ3v) is 3.30.